The van der Waals surface area contributed by atoms with Gasteiger partial charge in [0.15, 0.2) is 5.96 Å². The van der Waals surface area contributed by atoms with Crippen molar-refractivity contribution in [3.8, 4) is 0 Å². The Balaban J connectivity index is 1.75. The number of hydrogen-bond acceptors (Lipinski definition) is 4. The number of hydrogen-bond donors (Lipinski definition) is 3. The number of benzene rings is 2. The molecular formula is C24H35N5O2. The Labute approximate surface area is 185 Å². The van der Waals surface area contributed by atoms with Crippen molar-refractivity contribution in [3.05, 3.63) is 59.7 Å². The van der Waals surface area contributed by atoms with Crippen molar-refractivity contribution in [1.29, 1.82) is 0 Å². The Bertz CT molecular complexity index is 853. The Morgan fingerprint density at radius 2 is 1.58 bits per heavy atom. The predicted octanol–water partition coefficient (Wildman–Crippen LogP) is 4.01. The predicted molar refractivity (Wildman–Crippen MR) is 129 cm³/mol. The van der Waals surface area contributed by atoms with Crippen LogP contribution in [0.25, 0.3) is 0 Å². The molecule has 0 aliphatic rings. The molecule has 1 amide bonds. The second kappa shape index (κ2) is 11.2. The lowest BCUT2D eigenvalue weighted by Gasteiger charge is -2.19. The van der Waals surface area contributed by atoms with E-state index in [4.69, 9.17) is 4.74 Å². The van der Waals surface area contributed by atoms with Crippen molar-refractivity contribution in [2.75, 3.05) is 37.9 Å². The first-order valence-corrected chi connectivity index (χ1v) is 10.5. The molecule has 3 N–H and O–H groups in total. The normalized spacial score (nSPS) is 11.6. The molecule has 0 aliphatic heterocycles. The maximum absolute atomic E-state index is 11.8. The molecule has 0 aromatic heterocycles. The van der Waals surface area contributed by atoms with E-state index >= 15 is 0 Å². The van der Waals surface area contributed by atoms with Gasteiger partial charge in [-0.1, -0.05) is 24.3 Å². The van der Waals surface area contributed by atoms with E-state index in [9.17, 15) is 4.79 Å². The van der Waals surface area contributed by atoms with E-state index in [2.05, 4.69) is 50.1 Å². The first-order valence-electron chi connectivity index (χ1n) is 10.5. The van der Waals surface area contributed by atoms with Gasteiger partial charge in [-0.25, -0.2) is 4.79 Å². The monoisotopic (exact) mass is 425 g/mol. The topological polar surface area (TPSA) is 78.0 Å². The van der Waals surface area contributed by atoms with Crippen LogP contribution >= 0.6 is 0 Å². The van der Waals surface area contributed by atoms with Crippen LogP contribution in [-0.2, 0) is 17.7 Å². The quantitative estimate of drug-likeness (QED) is 0.462. The Hall–Kier alpha value is -3.22. The molecule has 2 rings (SSSR count). The Morgan fingerprint density at radius 1 is 0.968 bits per heavy atom. The molecule has 0 saturated heterocycles. The van der Waals surface area contributed by atoms with Crippen molar-refractivity contribution < 1.29 is 9.53 Å². The smallest absolute Gasteiger partial charge is 0.412 e. The first kappa shape index (κ1) is 24.1. The highest BCUT2D eigenvalue weighted by molar-refractivity contribution is 5.84. The zero-order valence-corrected chi connectivity index (χ0v) is 19.5. The summed E-state index contributed by atoms with van der Waals surface area (Å²) in [5.74, 6) is 0.764. The third kappa shape index (κ3) is 8.99. The Kier molecular flexibility index (Phi) is 8.73. The molecule has 0 atom stereocenters. The van der Waals surface area contributed by atoms with Crippen LogP contribution in [0.2, 0.25) is 0 Å². The third-order valence-electron chi connectivity index (χ3n) is 4.44. The van der Waals surface area contributed by atoms with Gasteiger partial charge in [-0.2, -0.15) is 0 Å². The summed E-state index contributed by atoms with van der Waals surface area (Å²) in [6.45, 7) is 6.97. The van der Waals surface area contributed by atoms with Gasteiger partial charge < -0.3 is 20.3 Å². The number of carbonyl (C=O) groups is 1. The molecule has 0 fully saturated rings. The number of aliphatic imine (C=N–C) groups is 1. The third-order valence-corrected chi connectivity index (χ3v) is 4.44. The summed E-state index contributed by atoms with van der Waals surface area (Å²) in [5.41, 5.74) is 3.73. The van der Waals surface area contributed by atoms with Crippen molar-refractivity contribution in [2.24, 2.45) is 4.99 Å². The van der Waals surface area contributed by atoms with Crippen LogP contribution in [-0.4, -0.2) is 45.3 Å². The molecule has 0 saturated carbocycles. The summed E-state index contributed by atoms with van der Waals surface area (Å²) in [6, 6.07) is 16.2. The molecule has 2 aromatic carbocycles. The molecule has 7 nitrogen and oxygen atoms in total. The fraction of sp³-hybridized carbons (Fsp3) is 0.417. The summed E-state index contributed by atoms with van der Waals surface area (Å²) in [7, 11) is 5.83. The van der Waals surface area contributed by atoms with E-state index in [-0.39, 0.29) is 0 Å². The molecule has 168 valence electrons. The van der Waals surface area contributed by atoms with E-state index in [1.165, 1.54) is 11.3 Å². The minimum absolute atomic E-state index is 0.451. The van der Waals surface area contributed by atoms with Crippen LogP contribution in [0.3, 0.4) is 0 Å². The number of anilines is 2. The second-order valence-electron chi connectivity index (χ2n) is 8.49. The highest BCUT2D eigenvalue weighted by atomic mass is 16.6. The lowest BCUT2D eigenvalue weighted by Crippen LogP contribution is -2.37. The average molecular weight is 426 g/mol. The zero-order valence-electron chi connectivity index (χ0n) is 19.5. The van der Waals surface area contributed by atoms with Crippen LogP contribution < -0.4 is 20.9 Å². The molecule has 0 radical (unpaired) electrons. The largest absolute Gasteiger partial charge is 0.444 e. The summed E-state index contributed by atoms with van der Waals surface area (Å²) in [5, 5.41) is 9.41. The van der Waals surface area contributed by atoms with Gasteiger partial charge in [0, 0.05) is 45.6 Å². The molecule has 31 heavy (non-hydrogen) atoms. The molecule has 0 bridgehead atoms. The van der Waals surface area contributed by atoms with Gasteiger partial charge in [-0.15, -0.1) is 0 Å². The van der Waals surface area contributed by atoms with E-state index in [0.717, 1.165) is 24.5 Å². The van der Waals surface area contributed by atoms with Gasteiger partial charge in [0.2, 0.25) is 0 Å². The summed E-state index contributed by atoms with van der Waals surface area (Å²) in [6.07, 6.45) is 0.387. The number of carbonyl (C=O) groups excluding carboxylic acids is 1. The molecule has 0 heterocycles. The fourth-order valence-electron chi connectivity index (χ4n) is 2.82. The van der Waals surface area contributed by atoms with Gasteiger partial charge in [0.25, 0.3) is 0 Å². The highest BCUT2D eigenvalue weighted by Gasteiger charge is 2.16. The van der Waals surface area contributed by atoms with Crippen LogP contribution in [0.5, 0.6) is 0 Å². The number of ether oxygens (including phenoxy) is 1. The summed E-state index contributed by atoms with van der Waals surface area (Å²) in [4.78, 5) is 18.2. The SMILES string of the molecule is CN=C(NCCc1ccc(NC(=O)OC(C)(C)C)cc1)NCc1ccc(N(C)C)cc1. The maximum Gasteiger partial charge on any atom is 0.412 e. The van der Waals surface area contributed by atoms with E-state index in [1.807, 2.05) is 59.1 Å². The zero-order chi connectivity index (χ0) is 22.9. The number of rotatable bonds is 7. The van der Waals surface area contributed by atoms with Crippen molar-refractivity contribution in [2.45, 2.75) is 39.3 Å². The lowest BCUT2D eigenvalue weighted by molar-refractivity contribution is 0.0636. The van der Waals surface area contributed by atoms with Gasteiger partial charge in [0.1, 0.15) is 5.60 Å². The van der Waals surface area contributed by atoms with Crippen molar-refractivity contribution >= 4 is 23.4 Å². The summed E-state index contributed by atoms with van der Waals surface area (Å²) >= 11 is 0. The van der Waals surface area contributed by atoms with Crippen LogP contribution in [0.15, 0.2) is 53.5 Å². The number of nitrogens with one attached hydrogen (secondary N) is 3. The second-order valence-corrected chi connectivity index (χ2v) is 8.49. The van der Waals surface area contributed by atoms with Gasteiger partial charge >= 0.3 is 6.09 Å². The molecular weight excluding hydrogens is 390 g/mol. The van der Waals surface area contributed by atoms with Crippen LogP contribution in [0, 0.1) is 0 Å². The Morgan fingerprint density at radius 3 is 2.13 bits per heavy atom. The molecule has 0 spiro atoms. The fourth-order valence-corrected chi connectivity index (χ4v) is 2.82. The van der Waals surface area contributed by atoms with E-state index in [1.54, 1.807) is 7.05 Å². The van der Waals surface area contributed by atoms with Crippen molar-refractivity contribution in [1.82, 2.24) is 10.6 Å². The number of amides is 1. The molecule has 0 unspecified atom stereocenters. The molecule has 0 aliphatic carbocycles. The molecule has 2 aromatic rings. The lowest BCUT2D eigenvalue weighted by atomic mass is 10.1. The van der Waals surface area contributed by atoms with E-state index < -0.39 is 11.7 Å². The average Bonchev–Trinajstić information content (AvgIpc) is 2.70. The number of nitrogens with zero attached hydrogens (tertiary/aromatic N) is 2. The standard InChI is InChI=1S/C24H35N5O2/c1-24(2,3)31-23(30)28-20-11-7-18(8-12-20)15-16-26-22(25-4)27-17-19-9-13-21(14-10-19)29(5)6/h7-14H,15-17H2,1-6H3,(H,28,30)(H2,25,26,27). The minimum atomic E-state index is -0.516. The molecule has 7 heteroatoms. The summed E-state index contributed by atoms with van der Waals surface area (Å²) < 4.78 is 5.26. The highest BCUT2D eigenvalue weighted by Crippen LogP contribution is 2.14. The van der Waals surface area contributed by atoms with Gasteiger partial charge in [0.05, 0.1) is 0 Å². The van der Waals surface area contributed by atoms with Crippen LogP contribution in [0.4, 0.5) is 16.2 Å². The van der Waals surface area contributed by atoms with E-state index in [0.29, 0.717) is 12.2 Å². The van der Waals surface area contributed by atoms with Gasteiger partial charge in [-0.3, -0.25) is 10.3 Å². The van der Waals surface area contributed by atoms with Gasteiger partial charge in [-0.05, 0) is 62.6 Å². The van der Waals surface area contributed by atoms with Crippen molar-refractivity contribution in [3.63, 3.8) is 0 Å². The number of guanidine groups is 1. The first-order chi connectivity index (χ1) is 14.7. The van der Waals surface area contributed by atoms with Crippen LogP contribution in [0.1, 0.15) is 31.9 Å². The minimum Gasteiger partial charge on any atom is -0.444 e. The maximum atomic E-state index is 11.8.